The second-order valence-corrected chi connectivity index (χ2v) is 4.58. The number of aryl methyl sites for hydroxylation is 2. The van der Waals surface area contributed by atoms with Crippen molar-refractivity contribution in [2.75, 3.05) is 5.73 Å². The molecule has 2 aromatic rings. The highest BCUT2D eigenvalue weighted by atomic mass is 35.5. The van der Waals surface area contributed by atoms with Crippen molar-refractivity contribution in [3.63, 3.8) is 0 Å². The minimum Gasteiger partial charge on any atom is -0.398 e. The van der Waals surface area contributed by atoms with Crippen LogP contribution in [0.4, 0.5) is 5.69 Å². The van der Waals surface area contributed by atoms with Gasteiger partial charge in [-0.3, -0.25) is 4.68 Å². The van der Waals surface area contributed by atoms with Crippen LogP contribution < -0.4 is 5.73 Å². The Hall–Kier alpha value is -1.48. The van der Waals surface area contributed by atoms with Gasteiger partial charge in [0.05, 0.1) is 5.69 Å². The quantitative estimate of drug-likeness (QED) is 0.849. The van der Waals surface area contributed by atoms with E-state index in [2.05, 4.69) is 12.0 Å². The van der Waals surface area contributed by atoms with Crippen molar-refractivity contribution in [2.45, 2.75) is 19.8 Å². The first-order valence-corrected chi connectivity index (χ1v) is 6.07. The van der Waals surface area contributed by atoms with Gasteiger partial charge in [-0.1, -0.05) is 31.0 Å². The SMILES string of the molecule is CCCc1nn(C)cc1-c1ccc(Cl)cc1N. The molecule has 0 aliphatic carbocycles. The zero-order valence-electron chi connectivity index (χ0n) is 10.1. The summed E-state index contributed by atoms with van der Waals surface area (Å²) in [7, 11) is 1.93. The van der Waals surface area contributed by atoms with Crippen molar-refractivity contribution in [3.8, 4) is 11.1 Å². The van der Waals surface area contributed by atoms with Crippen LogP contribution in [0.15, 0.2) is 24.4 Å². The van der Waals surface area contributed by atoms with Crippen LogP contribution in [0.5, 0.6) is 0 Å². The van der Waals surface area contributed by atoms with Crippen LogP contribution in [0.1, 0.15) is 19.0 Å². The Morgan fingerprint density at radius 3 is 2.76 bits per heavy atom. The molecule has 0 fully saturated rings. The molecule has 0 spiro atoms. The Balaban J connectivity index is 2.51. The number of anilines is 1. The lowest BCUT2D eigenvalue weighted by Gasteiger charge is -2.05. The Morgan fingerprint density at radius 2 is 2.12 bits per heavy atom. The molecular weight excluding hydrogens is 234 g/mol. The predicted octanol–water partition coefficient (Wildman–Crippen LogP) is 3.28. The minimum absolute atomic E-state index is 0.659. The van der Waals surface area contributed by atoms with E-state index in [-0.39, 0.29) is 0 Å². The summed E-state index contributed by atoms with van der Waals surface area (Å²) < 4.78 is 1.83. The molecule has 0 amide bonds. The zero-order valence-corrected chi connectivity index (χ0v) is 10.8. The van der Waals surface area contributed by atoms with E-state index in [0.717, 1.165) is 29.7 Å². The monoisotopic (exact) mass is 249 g/mol. The molecule has 0 aliphatic heterocycles. The third-order valence-electron chi connectivity index (χ3n) is 2.70. The van der Waals surface area contributed by atoms with Crippen molar-refractivity contribution in [2.24, 2.45) is 7.05 Å². The van der Waals surface area contributed by atoms with Gasteiger partial charge in [0.2, 0.25) is 0 Å². The number of hydrogen-bond acceptors (Lipinski definition) is 2. The zero-order chi connectivity index (χ0) is 12.4. The maximum absolute atomic E-state index is 6.01. The summed E-state index contributed by atoms with van der Waals surface area (Å²) in [6, 6.07) is 5.59. The number of aromatic nitrogens is 2. The van der Waals surface area contributed by atoms with Crippen molar-refractivity contribution in [1.29, 1.82) is 0 Å². The van der Waals surface area contributed by atoms with Crippen LogP contribution in [0.25, 0.3) is 11.1 Å². The summed E-state index contributed by atoms with van der Waals surface area (Å²) >= 11 is 5.91. The highest BCUT2D eigenvalue weighted by Gasteiger charge is 2.11. The van der Waals surface area contributed by atoms with E-state index in [4.69, 9.17) is 17.3 Å². The average Bonchev–Trinajstić information content (AvgIpc) is 2.60. The highest BCUT2D eigenvalue weighted by Crippen LogP contribution is 2.30. The third kappa shape index (κ3) is 2.44. The van der Waals surface area contributed by atoms with E-state index in [1.807, 2.05) is 30.1 Å². The maximum atomic E-state index is 6.01. The molecule has 0 saturated carbocycles. The maximum Gasteiger partial charge on any atom is 0.0703 e. The molecule has 0 bridgehead atoms. The molecule has 3 nitrogen and oxygen atoms in total. The standard InChI is InChI=1S/C13H16ClN3/c1-3-4-13-11(8-17(2)16-13)10-6-5-9(14)7-12(10)15/h5-8H,3-4,15H2,1-2H3. The molecule has 1 aromatic heterocycles. The van der Waals surface area contributed by atoms with Gasteiger partial charge in [0, 0.05) is 35.1 Å². The summed E-state index contributed by atoms with van der Waals surface area (Å²) in [5.74, 6) is 0. The Labute approximate surface area is 106 Å². The number of nitrogen functional groups attached to an aromatic ring is 1. The topological polar surface area (TPSA) is 43.8 Å². The van der Waals surface area contributed by atoms with E-state index < -0.39 is 0 Å². The number of nitrogens with two attached hydrogens (primary N) is 1. The Kier molecular flexibility index (Phi) is 3.38. The Morgan fingerprint density at radius 1 is 1.35 bits per heavy atom. The van der Waals surface area contributed by atoms with Crippen LogP contribution in [-0.4, -0.2) is 9.78 Å². The lowest BCUT2D eigenvalue weighted by atomic mass is 10.0. The molecule has 0 saturated heterocycles. The largest absolute Gasteiger partial charge is 0.398 e. The second-order valence-electron chi connectivity index (χ2n) is 4.14. The van der Waals surface area contributed by atoms with E-state index in [1.165, 1.54) is 0 Å². The first-order chi connectivity index (χ1) is 8.11. The van der Waals surface area contributed by atoms with Crippen molar-refractivity contribution in [1.82, 2.24) is 9.78 Å². The van der Waals surface area contributed by atoms with Crippen molar-refractivity contribution in [3.05, 3.63) is 35.1 Å². The Bertz CT molecular complexity index is 531. The van der Waals surface area contributed by atoms with Gasteiger partial charge in [-0.2, -0.15) is 5.10 Å². The third-order valence-corrected chi connectivity index (χ3v) is 2.93. The summed E-state index contributed by atoms with van der Waals surface area (Å²) in [5, 5.41) is 5.13. The molecule has 0 unspecified atom stereocenters. The van der Waals surface area contributed by atoms with Crippen LogP contribution in [0.3, 0.4) is 0 Å². The normalized spacial score (nSPS) is 10.8. The van der Waals surface area contributed by atoms with Gasteiger partial charge in [-0.15, -0.1) is 0 Å². The number of nitrogens with zero attached hydrogens (tertiary/aromatic N) is 2. The predicted molar refractivity (Wildman–Crippen MR) is 72.1 cm³/mol. The summed E-state index contributed by atoms with van der Waals surface area (Å²) in [4.78, 5) is 0. The van der Waals surface area contributed by atoms with Crippen LogP contribution in [0, 0.1) is 0 Å². The second kappa shape index (κ2) is 4.80. The van der Waals surface area contributed by atoms with E-state index in [9.17, 15) is 0 Å². The smallest absolute Gasteiger partial charge is 0.0703 e. The van der Waals surface area contributed by atoms with Gasteiger partial charge in [-0.05, 0) is 18.6 Å². The summed E-state index contributed by atoms with van der Waals surface area (Å²) in [5.41, 5.74) is 9.90. The number of hydrogen-bond donors (Lipinski definition) is 1. The molecule has 0 aliphatic rings. The molecule has 0 atom stereocenters. The minimum atomic E-state index is 0.659. The van der Waals surface area contributed by atoms with Gasteiger partial charge >= 0.3 is 0 Å². The van der Waals surface area contributed by atoms with E-state index in [0.29, 0.717) is 10.7 Å². The fourth-order valence-corrected chi connectivity index (χ4v) is 2.14. The van der Waals surface area contributed by atoms with E-state index in [1.54, 1.807) is 6.07 Å². The van der Waals surface area contributed by atoms with Gasteiger partial charge in [0.25, 0.3) is 0 Å². The number of rotatable bonds is 3. The molecule has 2 N–H and O–H groups in total. The number of halogens is 1. The summed E-state index contributed by atoms with van der Waals surface area (Å²) in [6.07, 6.45) is 4.03. The van der Waals surface area contributed by atoms with Gasteiger partial charge in [0.1, 0.15) is 0 Å². The highest BCUT2D eigenvalue weighted by molar-refractivity contribution is 6.31. The molecule has 2 rings (SSSR count). The van der Waals surface area contributed by atoms with Gasteiger partial charge < -0.3 is 5.73 Å². The molecule has 90 valence electrons. The van der Waals surface area contributed by atoms with Crippen molar-refractivity contribution < 1.29 is 0 Å². The average molecular weight is 250 g/mol. The summed E-state index contributed by atoms with van der Waals surface area (Å²) in [6.45, 7) is 2.14. The molecule has 17 heavy (non-hydrogen) atoms. The lowest BCUT2D eigenvalue weighted by Crippen LogP contribution is -1.93. The molecule has 1 heterocycles. The van der Waals surface area contributed by atoms with Crippen LogP contribution in [0.2, 0.25) is 5.02 Å². The van der Waals surface area contributed by atoms with Crippen LogP contribution in [-0.2, 0) is 13.5 Å². The molecule has 1 aromatic carbocycles. The fourth-order valence-electron chi connectivity index (χ4n) is 1.96. The first-order valence-electron chi connectivity index (χ1n) is 5.69. The molecule has 4 heteroatoms. The van der Waals surface area contributed by atoms with Gasteiger partial charge in [-0.25, -0.2) is 0 Å². The number of benzene rings is 1. The first kappa shape index (κ1) is 12.0. The molecule has 0 radical (unpaired) electrons. The van der Waals surface area contributed by atoms with Crippen LogP contribution >= 0.6 is 11.6 Å². The molecular formula is C13H16ClN3. The fraction of sp³-hybridized carbons (Fsp3) is 0.308. The van der Waals surface area contributed by atoms with Gasteiger partial charge in [0.15, 0.2) is 0 Å². The van der Waals surface area contributed by atoms with Crippen molar-refractivity contribution >= 4 is 17.3 Å². The van der Waals surface area contributed by atoms with E-state index >= 15 is 0 Å². The lowest BCUT2D eigenvalue weighted by molar-refractivity contribution is 0.733.